The summed E-state index contributed by atoms with van der Waals surface area (Å²) in [6, 6.07) is 8.30. The van der Waals surface area contributed by atoms with Gasteiger partial charge in [0.1, 0.15) is 0 Å². The number of nitrogens with two attached hydrogens (primary N) is 1. The molecular formula is C15H19BrClN3. The molecule has 5 heteroatoms. The van der Waals surface area contributed by atoms with E-state index in [1.165, 1.54) is 5.56 Å². The van der Waals surface area contributed by atoms with Crippen molar-refractivity contribution in [2.45, 2.75) is 32.7 Å². The van der Waals surface area contributed by atoms with Crippen LogP contribution in [0.1, 0.15) is 29.8 Å². The van der Waals surface area contributed by atoms with Gasteiger partial charge >= 0.3 is 0 Å². The number of benzene rings is 1. The molecule has 1 unspecified atom stereocenters. The summed E-state index contributed by atoms with van der Waals surface area (Å²) < 4.78 is 3.05. The molecule has 1 aromatic carbocycles. The third-order valence-electron chi connectivity index (χ3n) is 3.52. The first-order chi connectivity index (χ1) is 9.56. The number of aryl methyl sites for hydroxylation is 2. The molecule has 0 saturated heterocycles. The first-order valence-electron chi connectivity index (χ1n) is 6.74. The number of aromatic nitrogens is 2. The van der Waals surface area contributed by atoms with Gasteiger partial charge in [0.05, 0.1) is 16.4 Å². The smallest absolute Gasteiger partial charge is 0.0847 e. The number of hydrogen-bond donors (Lipinski definition) is 1. The maximum atomic E-state index is 6.37. The van der Waals surface area contributed by atoms with Crippen LogP contribution in [-0.4, -0.2) is 16.3 Å². The van der Waals surface area contributed by atoms with Crippen molar-refractivity contribution in [1.82, 2.24) is 9.78 Å². The first kappa shape index (κ1) is 15.5. The summed E-state index contributed by atoms with van der Waals surface area (Å²) in [6.45, 7) is 5.42. The molecule has 0 fully saturated rings. The van der Waals surface area contributed by atoms with Gasteiger partial charge in [0.25, 0.3) is 0 Å². The lowest BCUT2D eigenvalue weighted by Gasteiger charge is -2.16. The second-order valence-electron chi connectivity index (χ2n) is 4.85. The van der Waals surface area contributed by atoms with Gasteiger partial charge in [-0.05, 0) is 44.5 Å². The van der Waals surface area contributed by atoms with Crippen LogP contribution in [0.2, 0.25) is 5.02 Å². The molecule has 0 aliphatic carbocycles. The summed E-state index contributed by atoms with van der Waals surface area (Å²) in [7, 11) is 0. The van der Waals surface area contributed by atoms with E-state index >= 15 is 0 Å². The van der Waals surface area contributed by atoms with Crippen LogP contribution in [0.3, 0.4) is 0 Å². The largest absolute Gasteiger partial charge is 0.330 e. The lowest BCUT2D eigenvalue weighted by atomic mass is 9.94. The molecule has 20 heavy (non-hydrogen) atoms. The molecule has 0 aliphatic rings. The highest BCUT2D eigenvalue weighted by molar-refractivity contribution is 9.10. The van der Waals surface area contributed by atoms with Crippen molar-refractivity contribution in [2.24, 2.45) is 5.73 Å². The second kappa shape index (κ2) is 6.74. The molecule has 1 atom stereocenters. The highest BCUT2D eigenvalue weighted by Crippen LogP contribution is 2.27. The molecular weight excluding hydrogens is 338 g/mol. The summed E-state index contributed by atoms with van der Waals surface area (Å²) in [5, 5.41) is 5.23. The van der Waals surface area contributed by atoms with E-state index in [4.69, 9.17) is 17.3 Å². The van der Waals surface area contributed by atoms with Crippen LogP contribution in [0.5, 0.6) is 0 Å². The number of halogens is 2. The van der Waals surface area contributed by atoms with Crippen LogP contribution in [0.25, 0.3) is 0 Å². The van der Waals surface area contributed by atoms with Crippen molar-refractivity contribution in [2.75, 3.05) is 6.54 Å². The maximum Gasteiger partial charge on any atom is 0.0847 e. The maximum absolute atomic E-state index is 6.37. The SMILES string of the molecule is CCn1nc(C)c(Cl)c1CC(CN)c1ccc(Br)cc1. The van der Waals surface area contributed by atoms with Gasteiger partial charge in [0.15, 0.2) is 0 Å². The molecule has 1 aromatic heterocycles. The van der Waals surface area contributed by atoms with E-state index < -0.39 is 0 Å². The molecule has 0 bridgehead atoms. The molecule has 0 spiro atoms. The van der Waals surface area contributed by atoms with Crippen LogP contribution in [0.15, 0.2) is 28.7 Å². The van der Waals surface area contributed by atoms with Gasteiger partial charge in [-0.15, -0.1) is 0 Å². The van der Waals surface area contributed by atoms with Crippen molar-refractivity contribution in [1.29, 1.82) is 0 Å². The van der Waals surface area contributed by atoms with Crippen LogP contribution >= 0.6 is 27.5 Å². The van der Waals surface area contributed by atoms with Gasteiger partial charge in [0, 0.05) is 16.9 Å². The summed E-state index contributed by atoms with van der Waals surface area (Å²) in [5.74, 6) is 0.252. The molecule has 0 saturated carbocycles. The molecule has 108 valence electrons. The van der Waals surface area contributed by atoms with Gasteiger partial charge in [0.2, 0.25) is 0 Å². The van der Waals surface area contributed by atoms with Crippen LogP contribution in [-0.2, 0) is 13.0 Å². The standard InChI is InChI=1S/C15H19BrClN3/c1-3-20-14(15(17)10(2)19-20)8-12(9-18)11-4-6-13(16)7-5-11/h4-7,12H,3,8-9,18H2,1-2H3. The Kier molecular flexibility index (Phi) is 5.24. The molecule has 2 N–H and O–H groups in total. The minimum Gasteiger partial charge on any atom is -0.330 e. The topological polar surface area (TPSA) is 43.8 Å². The highest BCUT2D eigenvalue weighted by Gasteiger charge is 2.18. The molecule has 2 aromatic rings. The molecule has 2 rings (SSSR count). The molecule has 3 nitrogen and oxygen atoms in total. The fourth-order valence-electron chi connectivity index (χ4n) is 2.37. The second-order valence-corrected chi connectivity index (χ2v) is 6.14. The quantitative estimate of drug-likeness (QED) is 0.882. The average molecular weight is 357 g/mol. The van der Waals surface area contributed by atoms with E-state index in [-0.39, 0.29) is 5.92 Å². The summed E-state index contributed by atoms with van der Waals surface area (Å²) >= 11 is 9.83. The van der Waals surface area contributed by atoms with Crippen molar-refractivity contribution in [3.05, 3.63) is 50.7 Å². The number of hydrogen-bond acceptors (Lipinski definition) is 2. The summed E-state index contributed by atoms with van der Waals surface area (Å²) in [5.41, 5.74) is 9.14. The summed E-state index contributed by atoms with van der Waals surface area (Å²) in [4.78, 5) is 0. The molecule has 0 amide bonds. The minimum absolute atomic E-state index is 0.252. The molecule has 0 aliphatic heterocycles. The van der Waals surface area contributed by atoms with Gasteiger partial charge in [-0.2, -0.15) is 5.10 Å². The summed E-state index contributed by atoms with van der Waals surface area (Å²) in [6.07, 6.45) is 0.811. The molecule has 1 heterocycles. The van der Waals surface area contributed by atoms with Crippen molar-refractivity contribution in [3.8, 4) is 0 Å². The normalized spacial score (nSPS) is 12.7. The third kappa shape index (κ3) is 3.25. The Morgan fingerprint density at radius 2 is 2.00 bits per heavy atom. The third-order valence-corrected chi connectivity index (χ3v) is 4.54. The average Bonchev–Trinajstić information content (AvgIpc) is 2.73. The van der Waals surface area contributed by atoms with Crippen LogP contribution < -0.4 is 5.73 Å². The predicted octanol–water partition coefficient (Wildman–Crippen LogP) is 3.91. The van der Waals surface area contributed by atoms with Crippen molar-refractivity contribution in [3.63, 3.8) is 0 Å². The van der Waals surface area contributed by atoms with E-state index in [1.54, 1.807) is 0 Å². The highest BCUT2D eigenvalue weighted by atomic mass is 79.9. The lowest BCUT2D eigenvalue weighted by Crippen LogP contribution is -2.17. The van der Waals surface area contributed by atoms with E-state index in [9.17, 15) is 0 Å². The van der Waals surface area contributed by atoms with Crippen molar-refractivity contribution < 1.29 is 0 Å². The zero-order chi connectivity index (χ0) is 14.7. The Morgan fingerprint density at radius 1 is 1.35 bits per heavy atom. The number of rotatable bonds is 5. The first-order valence-corrected chi connectivity index (χ1v) is 7.91. The Labute approximate surface area is 133 Å². The molecule has 0 radical (unpaired) electrons. The minimum atomic E-state index is 0.252. The lowest BCUT2D eigenvalue weighted by molar-refractivity contribution is 0.583. The van der Waals surface area contributed by atoms with Gasteiger partial charge in [-0.1, -0.05) is 39.7 Å². The zero-order valence-corrected chi connectivity index (χ0v) is 14.1. The van der Waals surface area contributed by atoms with E-state index in [1.807, 2.05) is 23.7 Å². The number of nitrogens with zero attached hydrogens (tertiary/aromatic N) is 2. The predicted molar refractivity (Wildman–Crippen MR) is 87.3 cm³/mol. The van der Waals surface area contributed by atoms with Gasteiger partial charge in [-0.25, -0.2) is 0 Å². The zero-order valence-electron chi connectivity index (χ0n) is 11.7. The van der Waals surface area contributed by atoms with E-state index in [0.29, 0.717) is 6.54 Å². The fraction of sp³-hybridized carbons (Fsp3) is 0.400. The Balaban J connectivity index is 2.28. The fourth-order valence-corrected chi connectivity index (χ4v) is 2.85. The van der Waals surface area contributed by atoms with Crippen molar-refractivity contribution >= 4 is 27.5 Å². The van der Waals surface area contributed by atoms with E-state index in [0.717, 1.165) is 33.8 Å². The van der Waals surface area contributed by atoms with E-state index in [2.05, 4.69) is 40.1 Å². The Hall–Kier alpha value is -0.840. The van der Waals surface area contributed by atoms with Crippen LogP contribution in [0, 0.1) is 6.92 Å². The Morgan fingerprint density at radius 3 is 2.55 bits per heavy atom. The Bertz CT molecular complexity index is 578. The van der Waals surface area contributed by atoms with Crippen LogP contribution in [0.4, 0.5) is 0 Å². The van der Waals surface area contributed by atoms with Gasteiger partial charge < -0.3 is 5.73 Å². The monoisotopic (exact) mass is 355 g/mol. The van der Waals surface area contributed by atoms with Gasteiger partial charge in [-0.3, -0.25) is 4.68 Å².